The first-order valence-corrected chi connectivity index (χ1v) is 12.3. The van der Waals surface area contributed by atoms with E-state index in [2.05, 4.69) is 4.90 Å². The van der Waals surface area contributed by atoms with Crippen LogP contribution in [0, 0.1) is 0 Å². The summed E-state index contributed by atoms with van der Waals surface area (Å²) in [5, 5.41) is 0.622. The number of hydrogen-bond donors (Lipinski definition) is 0. The van der Waals surface area contributed by atoms with Crippen LogP contribution in [-0.4, -0.2) is 65.3 Å². The Hall–Kier alpha value is -1.99. The van der Waals surface area contributed by atoms with Gasteiger partial charge in [-0.25, -0.2) is 4.79 Å². The highest BCUT2D eigenvalue weighted by Crippen LogP contribution is 2.42. The van der Waals surface area contributed by atoms with E-state index in [1.54, 1.807) is 0 Å². The summed E-state index contributed by atoms with van der Waals surface area (Å²) in [7, 11) is 0. The first-order chi connectivity index (χ1) is 15.6. The number of ether oxygens (including phenoxy) is 3. The second kappa shape index (κ2) is 9.34. The van der Waals surface area contributed by atoms with Crippen LogP contribution < -0.4 is 4.74 Å². The Bertz CT molecular complexity index is 872. The molecule has 2 saturated heterocycles. The quantitative estimate of drug-likeness (QED) is 0.525. The Morgan fingerprint density at radius 1 is 1.12 bits per heavy atom. The van der Waals surface area contributed by atoms with E-state index in [0.29, 0.717) is 31.2 Å². The number of carbonyl (C=O) groups is 2. The number of amides is 1. The van der Waals surface area contributed by atoms with E-state index in [9.17, 15) is 9.59 Å². The molecule has 1 aliphatic carbocycles. The Morgan fingerprint density at radius 3 is 2.48 bits per heavy atom. The summed E-state index contributed by atoms with van der Waals surface area (Å²) in [4.78, 5) is 27.7. The fourth-order valence-corrected chi connectivity index (χ4v) is 5.15. The van der Waals surface area contributed by atoms with Gasteiger partial charge in [-0.2, -0.15) is 0 Å². The number of piperidine rings is 1. The molecule has 8 heteroatoms. The second-order valence-electron chi connectivity index (χ2n) is 10.7. The summed E-state index contributed by atoms with van der Waals surface area (Å²) in [5.41, 5.74) is 0.211. The molecule has 0 radical (unpaired) electrons. The molecule has 0 N–H and O–H groups in total. The molecule has 1 aromatic rings. The maximum atomic E-state index is 12.5. The van der Waals surface area contributed by atoms with Crippen molar-refractivity contribution in [2.75, 3.05) is 26.2 Å². The zero-order valence-electron chi connectivity index (χ0n) is 19.9. The van der Waals surface area contributed by atoms with Crippen molar-refractivity contribution in [3.63, 3.8) is 0 Å². The van der Waals surface area contributed by atoms with Crippen LogP contribution in [0.25, 0.3) is 0 Å². The fraction of sp³-hybridized carbons (Fsp3) is 0.680. The maximum Gasteiger partial charge on any atom is 0.410 e. The molecule has 1 amide bonds. The average Bonchev–Trinajstić information content (AvgIpc) is 3.42. The van der Waals surface area contributed by atoms with Crippen LogP contribution in [0.4, 0.5) is 4.79 Å². The van der Waals surface area contributed by atoms with Gasteiger partial charge < -0.3 is 19.1 Å². The van der Waals surface area contributed by atoms with Crippen LogP contribution in [0.15, 0.2) is 18.2 Å². The van der Waals surface area contributed by atoms with Crippen LogP contribution in [0.1, 0.15) is 64.9 Å². The van der Waals surface area contributed by atoms with Gasteiger partial charge in [0.05, 0.1) is 0 Å². The molecule has 7 nitrogen and oxygen atoms in total. The molecule has 1 spiro atoms. The van der Waals surface area contributed by atoms with E-state index in [1.165, 1.54) is 0 Å². The lowest BCUT2D eigenvalue weighted by Gasteiger charge is -2.45. The third kappa shape index (κ3) is 5.75. The van der Waals surface area contributed by atoms with Gasteiger partial charge in [0.2, 0.25) is 0 Å². The molecule has 0 aromatic heterocycles. The highest BCUT2D eigenvalue weighted by molar-refractivity contribution is 6.30. The lowest BCUT2D eigenvalue weighted by Crippen LogP contribution is -2.53. The van der Waals surface area contributed by atoms with Gasteiger partial charge in [0.1, 0.15) is 23.6 Å². The molecule has 1 saturated carbocycles. The van der Waals surface area contributed by atoms with Crippen LogP contribution in [0.3, 0.4) is 0 Å². The lowest BCUT2D eigenvalue weighted by molar-refractivity contribution is -0.137. The Balaban J connectivity index is 1.41. The van der Waals surface area contributed by atoms with E-state index in [-0.39, 0.29) is 11.6 Å². The van der Waals surface area contributed by atoms with E-state index in [0.717, 1.165) is 62.9 Å². The summed E-state index contributed by atoms with van der Waals surface area (Å²) < 4.78 is 16.9. The van der Waals surface area contributed by atoms with Gasteiger partial charge in [-0.1, -0.05) is 17.7 Å². The van der Waals surface area contributed by atoms with Crippen molar-refractivity contribution in [2.24, 2.45) is 0 Å². The predicted molar refractivity (Wildman–Crippen MR) is 125 cm³/mol. The van der Waals surface area contributed by atoms with Crippen molar-refractivity contribution in [2.45, 2.75) is 82.6 Å². The third-order valence-corrected chi connectivity index (χ3v) is 7.31. The van der Waals surface area contributed by atoms with E-state index in [1.807, 2.05) is 43.9 Å². The van der Waals surface area contributed by atoms with Gasteiger partial charge in [-0.15, -0.1) is 0 Å². The number of hydrogen-bond acceptors (Lipinski definition) is 6. The maximum absolute atomic E-state index is 12.5. The molecular weight excluding hydrogens is 444 g/mol. The average molecular weight is 479 g/mol. The van der Waals surface area contributed by atoms with E-state index in [4.69, 9.17) is 25.8 Å². The van der Waals surface area contributed by atoms with Crippen LogP contribution in [0.5, 0.6) is 5.75 Å². The molecule has 2 aliphatic heterocycles. The minimum absolute atomic E-state index is 0.0910. The number of likely N-dealkylation sites (tertiary alicyclic amines) is 2. The van der Waals surface area contributed by atoms with Gasteiger partial charge in [-0.3, -0.25) is 9.69 Å². The minimum Gasteiger partial charge on any atom is -0.489 e. The van der Waals surface area contributed by atoms with Crippen molar-refractivity contribution < 1.29 is 23.8 Å². The second-order valence-corrected chi connectivity index (χ2v) is 11.1. The number of nitrogens with zero attached hydrogens (tertiary/aromatic N) is 2. The number of carbonyl (C=O) groups excluding carboxylic acids is 2. The van der Waals surface area contributed by atoms with Crippen molar-refractivity contribution in [1.29, 1.82) is 0 Å². The van der Waals surface area contributed by atoms with Crippen LogP contribution in [-0.2, 0) is 20.8 Å². The molecule has 0 unspecified atom stereocenters. The monoisotopic (exact) mass is 478 g/mol. The standard InChI is InChI=1S/C25H35ClN2O5/c1-23(2,3)33-22(30)27-13-10-24(11-14-27)7-4-12-28(24)16-19-5-6-20(26)15-21(19)31-17-25(8-9-25)32-18-29/h5-6,15,18H,4,7-14,16-17H2,1-3H3. The van der Waals surface area contributed by atoms with Crippen LogP contribution >= 0.6 is 11.6 Å². The lowest BCUT2D eigenvalue weighted by atomic mass is 9.85. The van der Waals surface area contributed by atoms with Gasteiger partial charge in [-0.05, 0) is 78.0 Å². The topological polar surface area (TPSA) is 68.3 Å². The predicted octanol–water partition coefficient (Wildman–Crippen LogP) is 4.79. The Morgan fingerprint density at radius 2 is 1.85 bits per heavy atom. The zero-order valence-corrected chi connectivity index (χ0v) is 20.7. The smallest absolute Gasteiger partial charge is 0.410 e. The largest absolute Gasteiger partial charge is 0.489 e. The molecule has 182 valence electrons. The molecule has 1 aromatic carbocycles. The summed E-state index contributed by atoms with van der Waals surface area (Å²) in [5.74, 6) is 0.747. The summed E-state index contributed by atoms with van der Waals surface area (Å²) in [6.07, 6.45) is 5.58. The van der Waals surface area contributed by atoms with Crippen molar-refractivity contribution in [3.8, 4) is 5.75 Å². The number of rotatable bonds is 7. The molecule has 0 bridgehead atoms. The van der Waals surface area contributed by atoms with Gasteiger partial charge in [0, 0.05) is 35.8 Å². The summed E-state index contributed by atoms with van der Waals surface area (Å²) >= 11 is 6.26. The third-order valence-electron chi connectivity index (χ3n) is 7.07. The van der Waals surface area contributed by atoms with Crippen LogP contribution in [0.2, 0.25) is 5.02 Å². The molecule has 33 heavy (non-hydrogen) atoms. The normalized spacial score (nSPS) is 21.6. The Kier molecular flexibility index (Phi) is 6.83. The molecule has 4 rings (SSSR count). The molecule has 2 heterocycles. The molecular formula is C25H35ClN2O5. The van der Waals surface area contributed by atoms with Crippen molar-refractivity contribution in [1.82, 2.24) is 9.80 Å². The minimum atomic E-state index is -0.481. The highest BCUT2D eigenvalue weighted by atomic mass is 35.5. The number of halogens is 1. The van der Waals surface area contributed by atoms with Crippen molar-refractivity contribution >= 4 is 24.2 Å². The highest BCUT2D eigenvalue weighted by Gasteiger charge is 2.47. The van der Waals surface area contributed by atoms with Gasteiger partial charge in [0.25, 0.3) is 6.47 Å². The molecule has 3 aliphatic rings. The summed E-state index contributed by atoms with van der Waals surface area (Å²) in [6.45, 7) is 9.75. The van der Waals surface area contributed by atoms with E-state index >= 15 is 0 Å². The molecule has 0 atom stereocenters. The fourth-order valence-electron chi connectivity index (χ4n) is 4.99. The number of benzene rings is 1. The first kappa shape index (κ1) is 24.1. The zero-order chi connectivity index (χ0) is 23.7. The van der Waals surface area contributed by atoms with Gasteiger partial charge in [0.15, 0.2) is 0 Å². The SMILES string of the molecule is CC(C)(C)OC(=O)N1CCC2(CCCN2Cc2ccc(Cl)cc2OCC2(OC=O)CC2)CC1. The summed E-state index contributed by atoms with van der Waals surface area (Å²) in [6, 6.07) is 5.77. The van der Waals surface area contributed by atoms with Gasteiger partial charge >= 0.3 is 6.09 Å². The first-order valence-electron chi connectivity index (χ1n) is 11.9. The van der Waals surface area contributed by atoms with E-state index < -0.39 is 11.2 Å². The van der Waals surface area contributed by atoms with Crippen molar-refractivity contribution in [3.05, 3.63) is 28.8 Å². The Labute approximate surface area is 201 Å². The molecule has 3 fully saturated rings.